The Balaban J connectivity index is 2.96. The standard InChI is InChI=1S/C17H26N4O9S/c18-8(6-13(24)25)14(26)19-9(3-4-12(22)23)16(28)21-5-1-2-11(21)15(27)20-10(7-31)17(29)30/h8-11,31H,1-7,18H2,(H,19,26)(H,20,27)(H,22,23)(H,24,25)(H,29,30). The van der Waals surface area contributed by atoms with Gasteiger partial charge in [-0.3, -0.25) is 24.0 Å². The fourth-order valence-electron chi connectivity index (χ4n) is 3.04. The van der Waals surface area contributed by atoms with E-state index in [1.807, 2.05) is 0 Å². The summed E-state index contributed by atoms with van der Waals surface area (Å²) in [4.78, 5) is 71.6. The van der Waals surface area contributed by atoms with Crippen molar-refractivity contribution in [3.05, 3.63) is 0 Å². The first-order valence-electron chi connectivity index (χ1n) is 9.42. The van der Waals surface area contributed by atoms with E-state index < -0.39 is 72.6 Å². The van der Waals surface area contributed by atoms with E-state index in [0.29, 0.717) is 6.42 Å². The van der Waals surface area contributed by atoms with Gasteiger partial charge < -0.3 is 36.6 Å². The second kappa shape index (κ2) is 12.1. The van der Waals surface area contributed by atoms with Crippen LogP contribution in [0.25, 0.3) is 0 Å². The van der Waals surface area contributed by atoms with Gasteiger partial charge in [-0.1, -0.05) is 0 Å². The number of carboxylic acids is 3. The Kier molecular flexibility index (Phi) is 10.2. The summed E-state index contributed by atoms with van der Waals surface area (Å²) in [5.41, 5.74) is 5.49. The van der Waals surface area contributed by atoms with E-state index in [-0.39, 0.29) is 25.1 Å². The summed E-state index contributed by atoms with van der Waals surface area (Å²) in [6.45, 7) is 0.135. The van der Waals surface area contributed by atoms with Crippen LogP contribution in [0.1, 0.15) is 32.1 Å². The van der Waals surface area contributed by atoms with Crippen LogP contribution in [0.3, 0.4) is 0 Å². The molecular formula is C17H26N4O9S. The zero-order valence-electron chi connectivity index (χ0n) is 16.5. The molecule has 1 aliphatic rings. The van der Waals surface area contributed by atoms with Crippen molar-refractivity contribution in [2.45, 2.75) is 56.3 Å². The first kappa shape index (κ1) is 26.2. The van der Waals surface area contributed by atoms with E-state index in [0.717, 1.165) is 4.90 Å². The van der Waals surface area contributed by atoms with Gasteiger partial charge >= 0.3 is 17.9 Å². The van der Waals surface area contributed by atoms with E-state index in [2.05, 4.69) is 23.3 Å². The predicted molar refractivity (Wildman–Crippen MR) is 107 cm³/mol. The molecule has 0 aliphatic carbocycles. The highest BCUT2D eigenvalue weighted by molar-refractivity contribution is 7.80. The van der Waals surface area contributed by atoms with Gasteiger partial charge in [0.15, 0.2) is 0 Å². The maximum absolute atomic E-state index is 13.0. The summed E-state index contributed by atoms with van der Waals surface area (Å²) in [5.74, 6) is -6.42. The van der Waals surface area contributed by atoms with Gasteiger partial charge in [-0.25, -0.2) is 4.79 Å². The highest BCUT2D eigenvalue weighted by Crippen LogP contribution is 2.20. The summed E-state index contributed by atoms with van der Waals surface area (Å²) >= 11 is 3.86. The molecule has 3 amide bonds. The van der Waals surface area contributed by atoms with Crippen LogP contribution in [0.2, 0.25) is 0 Å². The number of nitrogens with zero attached hydrogens (tertiary/aromatic N) is 1. The van der Waals surface area contributed by atoms with E-state index in [4.69, 9.17) is 21.1 Å². The Hall–Kier alpha value is -2.87. The van der Waals surface area contributed by atoms with Crippen molar-refractivity contribution in [3.63, 3.8) is 0 Å². The average molecular weight is 462 g/mol. The van der Waals surface area contributed by atoms with Crippen molar-refractivity contribution in [1.29, 1.82) is 0 Å². The average Bonchev–Trinajstić information content (AvgIpc) is 3.17. The second-order valence-corrected chi connectivity index (χ2v) is 7.33. The highest BCUT2D eigenvalue weighted by atomic mass is 32.1. The fraction of sp³-hybridized carbons (Fsp3) is 0.647. The second-order valence-electron chi connectivity index (χ2n) is 6.97. The van der Waals surface area contributed by atoms with Crippen LogP contribution in [-0.2, 0) is 28.8 Å². The maximum Gasteiger partial charge on any atom is 0.327 e. The lowest BCUT2D eigenvalue weighted by Crippen LogP contribution is -2.57. The van der Waals surface area contributed by atoms with Crippen LogP contribution in [0.15, 0.2) is 0 Å². The van der Waals surface area contributed by atoms with Gasteiger partial charge in [0.25, 0.3) is 0 Å². The molecule has 1 aliphatic heterocycles. The Bertz CT molecular complexity index is 732. The molecule has 0 radical (unpaired) electrons. The number of hydrogen-bond donors (Lipinski definition) is 7. The number of nitrogens with two attached hydrogens (primary N) is 1. The Morgan fingerprint density at radius 1 is 1.03 bits per heavy atom. The number of rotatable bonds is 12. The fourth-order valence-corrected chi connectivity index (χ4v) is 3.29. The van der Waals surface area contributed by atoms with Gasteiger partial charge in [-0.05, 0) is 19.3 Å². The van der Waals surface area contributed by atoms with Crippen LogP contribution in [0.5, 0.6) is 0 Å². The molecule has 1 saturated heterocycles. The van der Waals surface area contributed by atoms with Crippen LogP contribution in [0, 0.1) is 0 Å². The largest absolute Gasteiger partial charge is 0.481 e. The number of amides is 3. The molecule has 4 unspecified atom stereocenters. The Morgan fingerprint density at radius 3 is 2.19 bits per heavy atom. The Labute approximate surface area is 182 Å². The van der Waals surface area contributed by atoms with Gasteiger partial charge in [0.1, 0.15) is 18.1 Å². The summed E-state index contributed by atoms with van der Waals surface area (Å²) in [6.07, 6.45) is -0.800. The topological polar surface area (TPSA) is 216 Å². The molecule has 0 aromatic heterocycles. The molecule has 4 atom stereocenters. The third kappa shape index (κ3) is 8.05. The number of nitrogens with one attached hydrogen (secondary N) is 2. The van der Waals surface area contributed by atoms with Crippen LogP contribution < -0.4 is 16.4 Å². The molecule has 0 saturated carbocycles. The van der Waals surface area contributed by atoms with Crippen LogP contribution in [0.4, 0.5) is 0 Å². The molecule has 1 rings (SSSR count). The molecule has 0 aromatic carbocycles. The minimum atomic E-state index is -1.46. The van der Waals surface area contributed by atoms with E-state index >= 15 is 0 Å². The summed E-state index contributed by atoms with van der Waals surface area (Å²) in [5, 5.41) is 31.3. The molecule has 7 N–H and O–H groups in total. The number of hydrogen-bond acceptors (Lipinski definition) is 8. The SMILES string of the molecule is NC(CC(=O)O)C(=O)NC(CCC(=O)O)C(=O)N1CCCC1C(=O)NC(CS)C(=O)O. The lowest BCUT2D eigenvalue weighted by atomic mass is 10.1. The quantitative estimate of drug-likeness (QED) is 0.153. The van der Waals surface area contributed by atoms with Gasteiger partial charge in [-0.2, -0.15) is 12.6 Å². The number of likely N-dealkylation sites (tertiary alicyclic amines) is 1. The molecule has 0 bridgehead atoms. The third-order valence-electron chi connectivity index (χ3n) is 4.63. The Morgan fingerprint density at radius 2 is 1.68 bits per heavy atom. The van der Waals surface area contributed by atoms with Crippen molar-refractivity contribution in [3.8, 4) is 0 Å². The predicted octanol–water partition coefficient (Wildman–Crippen LogP) is -2.37. The molecule has 1 heterocycles. The molecule has 174 valence electrons. The molecule has 0 spiro atoms. The number of carboxylic acid groups (broad SMARTS) is 3. The van der Waals surface area contributed by atoms with E-state index in [1.165, 1.54) is 0 Å². The summed E-state index contributed by atoms with van der Waals surface area (Å²) in [7, 11) is 0. The summed E-state index contributed by atoms with van der Waals surface area (Å²) in [6, 6.07) is -5.07. The number of thiol groups is 1. The van der Waals surface area contributed by atoms with Crippen molar-refractivity contribution in [2.24, 2.45) is 5.73 Å². The maximum atomic E-state index is 13.0. The lowest BCUT2D eigenvalue weighted by molar-refractivity contribution is -0.145. The van der Waals surface area contributed by atoms with Crippen LogP contribution in [-0.4, -0.2) is 92.3 Å². The molecule has 1 fully saturated rings. The number of aliphatic carboxylic acids is 3. The first-order chi connectivity index (χ1) is 14.5. The molecule has 0 aromatic rings. The normalized spacial score (nSPS) is 18.5. The van der Waals surface area contributed by atoms with Gasteiger partial charge in [-0.15, -0.1) is 0 Å². The van der Waals surface area contributed by atoms with Gasteiger partial charge in [0, 0.05) is 18.7 Å². The first-order valence-corrected chi connectivity index (χ1v) is 10.0. The van der Waals surface area contributed by atoms with Crippen molar-refractivity contribution < 1.29 is 44.1 Å². The smallest absolute Gasteiger partial charge is 0.327 e. The number of carbonyl (C=O) groups is 6. The molecule has 31 heavy (non-hydrogen) atoms. The third-order valence-corrected chi connectivity index (χ3v) is 4.99. The zero-order chi connectivity index (χ0) is 23.7. The molecule has 14 heteroatoms. The van der Waals surface area contributed by atoms with Crippen molar-refractivity contribution in [2.75, 3.05) is 12.3 Å². The van der Waals surface area contributed by atoms with Crippen LogP contribution >= 0.6 is 12.6 Å². The van der Waals surface area contributed by atoms with Crippen molar-refractivity contribution >= 4 is 48.3 Å². The van der Waals surface area contributed by atoms with Gasteiger partial charge in [0.05, 0.1) is 12.5 Å². The van der Waals surface area contributed by atoms with E-state index in [9.17, 15) is 28.8 Å². The highest BCUT2D eigenvalue weighted by Gasteiger charge is 2.39. The summed E-state index contributed by atoms with van der Waals surface area (Å²) < 4.78 is 0. The minimum absolute atomic E-state index is 0.135. The zero-order valence-corrected chi connectivity index (χ0v) is 17.4. The molecular weight excluding hydrogens is 436 g/mol. The van der Waals surface area contributed by atoms with Gasteiger partial charge in [0.2, 0.25) is 17.7 Å². The molecule has 13 nitrogen and oxygen atoms in total. The number of carbonyl (C=O) groups excluding carboxylic acids is 3. The minimum Gasteiger partial charge on any atom is -0.481 e. The van der Waals surface area contributed by atoms with E-state index in [1.54, 1.807) is 0 Å². The monoisotopic (exact) mass is 462 g/mol. The van der Waals surface area contributed by atoms with Crippen molar-refractivity contribution in [1.82, 2.24) is 15.5 Å². The lowest BCUT2D eigenvalue weighted by Gasteiger charge is -2.29.